The van der Waals surface area contributed by atoms with E-state index in [0.717, 1.165) is 116 Å². The normalized spacial score (nSPS) is 13.4. The van der Waals surface area contributed by atoms with E-state index in [1.165, 1.54) is 63.0 Å². The van der Waals surface area contributed by atoms with E-state index in [-0.39, 0.29) is 114 Å². The predicted octanol–water partition coefficient (Wildman–Crippen LogP) is 15.4. The van der Waals surface area contributed by atoms with Gasteiger partial charge in [-0.2, -0.15) is 0 Å². The summed E-state index contributed by atoms with van der Waals surface area (Å²) in [6.45, 7) is 6.54. The van der Waals surface area contributed by atoms with Crippen LogP contribution < -0.4 is 29.4 Å². The molecule has 12 aromatic carbocycles. The van der Waals surface area contributed by atoms with Crippen molar-refractivity contribution in [3.63, 3.8) is 0 Å². The Morgan fingerprint density at radius 2 is 0.606 bits per heavy atom. The van der Waals surface area contributed by atoms with Gasteiger partial charge >= 0.3 is 0 Å². The first-order valence-electron chi connectivity index (χ1n) is 45.1. The van der Waals surface area contributed by atoms with Crippen LogP contribution in [0.1, 0.15) is 120 Å². The molecule has 0 bridgehead atoms. The Kier molecular flexibility index (Phi) is 38.8. The van der Waals surface area contributed by atoms with Crippen LogP contribution in [0.25, 0.3) is 10.9 Å². The van der Waals surface area contributed by atoms with Crippen molar-refractivity contribution in [3.8, 4) is 5.75 Å². The molecule has 2 aliphatic rings. The number of pyridine rings is 1. The Morgan fingerprint density at radius 1 is 0.318 bits per heavy atom. The SMILES string of the molecule is OCCN(CCO)c1ccc(C(c2ccc(Cl)cc2)c2ccc3c(c2)CC(O)CC3)cc1.OCCN(CCO)c1ccc(C(c2ccc(Cl)cc2)c2ccc3c(c2)CCCN3CCO)cc1.OCCN(CCO)c1ccc(C(c2ccc(Cl)cc2)c2ccc3ncc(O)cc3c2)cc1.OCCN(CCO)c1ccc(C(c2ccc(F)cc2)c2ccc(N(CCO)CCO)cc2)cc1. The maximum absolute atomic E-state index is 13.6. The zero-order valence-corrected chi connectivity index (χ0v) is 76.5. The first-order valence-corrected chi connectivity index (χ1v) is 46.3. The fourth-order valence-electron chi connectivity index (χ4n) is 17.9. The number of fused-ring (bicyclic) bond motifs is 3. The van der Waals surface area contributed by atoms with Gasteiger partial charge in [0.25, 0.3) is 0 Å². The first-order chi connectivity index (χ1) is 64.4. The summed E-state index contributed by atoms with van der Waals surface area (Å²) in [4.78, 5) is 16.3. The van der Waals surface area contributed by atoms with Crippen LogP contribution in [-0.4, -0.2) is 229 Å². The molecule has 0 spiro atoms. The van der Waals surface area contributed by atoms with Gasteiger partial charge in [-0.15, -0.1) is 0 Å². The molecule has 4 unspecified atom stereocenters. The maximum Gasteiger partial charge on any atom is 0.134 e. The molecule has 0 fully saturated rings. The average Bonchev–Trinajstić information content (AvgIpc) is 0.788. The summed E-state index contributed by atoms with van der Waals surface area (Å²) in [7, 11) is 0. The van der Waals surface area contributed by atoms with E-state index in [1.54, 1.807) is 18.2 Å². The fraction of sp³-hybridized carbons (Fsp3) is 0.306. The number of nitrogens with zero attached hydrogens (tertiary/aromatic N) is 7. The summed E-state index contributed by atoms with van der Waals surface area (Å²) in [6.07, 6.45) is 5.75. The van der Waals surface area contributed by atoms with Crippen LogP contribution in [0.3, 0.4) is 0 Å². The lowest BCUT2D eigenvalue weighted by atomic mass is 9.81. The standard InChI is InChI=1S/C28H33ClN2O3.C27H30ClNO3.C27H33FN2O4.C26H25ClN2O3/c29-25-8-3-21(4-9-25)28(22-5-10-26(11-6-22)30(14-17-32)15-18-33)24-7-12-27-23(20-24)2-1-13-31(27)16-19-34;28-24-8-3-20(4-9-24)27(22-2-1-19-7-12-26(32)18-23(19)17-22)21-5-10-25(11-6-21)29(13-15-30)14-16-31;28-24-7-1-21(2-8-24)27(22-3-9-25(10-4-22)29(13-17-31)14-18-32)23-5-11-26(12-6-23)30(15-19-33)16-20-34;27-22-6-1-18(2-7-22)26(20-5-10-25-21(15-20)16-24(32)17-28-25)19-3-8-23(9-4-19)29(11-13-30)12-14-31/h3-12,20,28,32-34H,1-2,13-19H2;1-6,8-11,17,26-27,30-32H,7,12-16,18H2;1-12,27,31-34H,13-20H2;1-10,15-17,26,30-32H,11-14H2. The molecule has 15 rings (SSSR count). The van der Waals surface area contributed by atoms with E-state index in [0.29, 0.717) is 93.5 Å². The molecule has 694 valence electrons. The third-order valence-electron chi connectivity index (χ3n) is 24.3. The van der Waals surface area contributed by atoms with Gasteiger partial charge in [-0.1, -0.05) is 180 Å². The molecule has 1 aliphatic heterocycles. The summed E-state index contributed by atoms with van der Waals surface area (Å²) >= 11 is 18.5. The van der Waals surface area contributed by atoms with Gasteiger partial charge in [-0.25, -0.2) is 4.39 Å². The molecule has 0 saturated carbocycles. The minimum Gasteiger partial charge on any atom is -0.506 e. The quantitative estimate of drug-likeness (QED) is 0.0159. The number of β-amino-alcohol motifs (C(OH)–C–C–N with tert-alkyl or cyclic N) is 1. The van der Waals surface area contributed by atoms with Crippen molar-refractivity contribution in [2.24, 2.45) is 0 Å². The van der Waals surface area contributed by atoms with Crippen molar-refractivity contribution in [1.82, 2.24) is 4.98 Å². The third kappa shape index (κ3) is 27.1. The van der Waals surface area contributed by atoms with Crippen LogP contribution in [0, 0.1) is 5.82 Å². The van der Waals surface area contributed by atoms with Gasteiger partial charge in [0.05, 0.1) is 90.5 Å². The number of aromatic nitrogens is 1. The minimum atomic E-state index is -0.291. The molecule has 13 N–H and O–H groups in total. The zero-order valence-electron chi connectivity index (χ0n) is 74.3. The second kappa shape index (κ2) is 51.3. The summed E-state index contributed by atoms with van der Waals surface area (Å²) in [5.74, 6) is -0.242. The molecule has 0 radical (unpaired) electrons. The number of hydrogen-bond acceptors (Lipinski definition) is 20. The summed E-state index contributed by atoms with van der Waals surface area (Å²) in [5, 5.41) is 126. The van der Waals surface area contributed by atoms with E-state index in [1.807, 2.05) is 152 Å². The van der Waals surface area contributed by atoms with Crippen molar-refractivity contribution in [2.75, 3.05) is 181 Å². The Morgan fingerprint density at radius 3 is 0.939 bits per heavy atom. The van der Waals surface area contributed by atoms with Crippen molar-refractivity contribution < 1.29 is 70.8 Å². The van der Waals surface area contributed by atoms with Gasteiger partial charge in [0.1, 0.15) is 11.6 Å². The van der Waals surface area contributed by atoms with Crippen molar-refractivity contribution in [1.29, 1.82) is 0 Å². The zero-order chi connectivity index (χ0) is 93.3. The molecular weight excluding hydrogens is 1730 g/mol. The average molecular weight is 1850 g/mol. The lowest BCUT2D eigenvalue weighted by molar-refractivity contribution is 0.158. The van der Waals surface area contributed by atoms with Crippen molar-refractivity contribution in [2.45, 2.75) is 61.9 Å². The van der Waals surface area contributed by atoms with Crippen molar-refractivity contribution in [3.05, 3.63) is 390 Å². The highest BCUT2D eigenvalue weighted by Crippen LogP contribution is 2.42. The highest BCUT2D eigenvalue weighted by molar-refractivity contribution is 6.31. The van der Waals surface area contributed by atoms with E-state index < -0.39 is 0 Å². The Bertz CT molecular complexity index is 5540. The molecule has 2 heterocycles. The second-order valence-electron chi connectivity index (χ2n) is 32.8. The van der Waals surface area contributed by atoms with Crippen LogP contribution >= 0.6 is 34.8 Å². The topological polar surface area (TPSA) is 295 Å². The number of aryl methyl sites for hydroxylation is 2. The van der Waals surface area contributed by atoms with Crippen LogP contribution in [0.15, 0.2) is 285 Å². The summed E-state index contributed by atoms with van der Waals surface area (Å²) in [5.41, 5.74) is 24.0. The van der Waals surface area contributed by atoms with Gasteiger partial charge in [0.15, 0.2) is 0 Å². The van der Waals surface area contributed by atoms with E-state index >= 15 is 0 Å². The summed E-state index contributed by atoms with van der Waals surface area (Å²) < 4.78 is 13.6. The monoisotopic (exact) mass is 1850 g/mol. The molecule has 24 heteroatoms. The highest BCUT2D eigenvalue weighted by atomic mass is 35.5. The third-order valence-corrected chi connectivity index (χ3v) is 25.0. The number of hydrogen-bond donors (Lipinski definition) is 13. The van der Waals surface area contributed by atoms with Gasteiger partial charge < -0.3 is 95.8 Å². The van der Waals surface area contributed by atoms with Gasteiger partial charge in [0.2, 0.25) is 0 Å². The molecule has 0 saturated heterocycles. The molecule has 132 heavy (non-hydrogen) atoms. The number of aliphatic hydroxyl groups is 12. The van der Waals surface area contributed by atoms with Gasteiger partial charge in [-0.3, -0.25) is 4.98 Å². The molecular formula is C108H121Cl3FN7O13. The number of aromatic hydroxyl groups is 1. The number of anilines is 6. The van der Waals surface area contributed by atoms with Crippen LogP contribution in [0.4, 0.5) is 38.5 Å². The molecule has 13 aromatic rings. The largest absolute Gasteiger partial charge is 0.506 e. The van der Waals surface area contributed by atoms with E-state index in [4.69, 9.17) is 34.8 Å². The second-order valence-corrected chi connectivity index (χ2v) is 34.1. The predicted molar refractivity (Wildman–Crippen MR) is 531 cm³/mol. The molecule has 1 aliphatic carbocycles. The number of halogens is 4. The number of benzene rings is 12. The number of rotatable bonds is 39. The Balaban J connectivity index is 0.000000159. The molecule has 20 nitrogen and oxygen atoms in total. The van der Waals surface area contributed by atoms with Gasteiger partial charge in [0, 0.05) is 157 Å². The molecule has 4 atom stereocenters. The Labute approximate surface area is 788 Å². The van der Waals surface area contributed by atoms with E-state index in [9.17, 15) is 70.8 Å². The fourth-order valence-corrected chi connectivity index (χ4v) is 18.2. The van der Waals surface area contributed by atoms with Crippen molar-refractivity contribution >= 4 is 79.8 Å². The first kappa shape index (κ1) is 100.0. The molecule has 0 amide bonds. The Hall–Kier alpha value is -11.0. The lowest BCUT2D eigenvalue weighted by Gasteiger charge is -2.32. The minimum absolute atomic E-state index is 0.00408. The summed E-state index contributed by atoms with van der Waals surface area (Å²) in [6, 6.07) is 92.3. The van der Waals surface area contributed by atoms with E-state index in [2.05, 4.69) is 131 Å². The molecule has 1 aromatic heterocycles. The lowest BCUT2D eigenvalue weighted by Crippen LogP contribution is -2.32. The number of aliphatic hydroxyl groups excluding tert-OH is 12. The van der Waals surface area contributed by atoms with Crippen LogP contribution in [0.2, 0.25) is 15.1 Å². The highest BCUT2D eigenvalue weighted by Gasteiger charge is 2.27. The van der Waals surface area contributed by atoms with Crippen LogP contribution in [-0.2, 0) is 19.3 Å². The van der Waals surface area contributed by atoms with Crippen LogP contribution in [0.5, 0.6) is 5.75 Å². The smallest absolute Gasteiger partial charge is 0.134 e. The van der Waals surface area contributed by atoms with Gasteiger partial charge in [-0.05, 0) is 249 Å². The maximum atomic E-state index is 13.6.